The zero-order valence-electron chi connectivity index (χ0n) is 19.1. The molecule has 35 heavy (non-hydrogen) atoms. The Balaban J connectivity index is 1.75. The van der Waals surface area contributed by atoms with E-state index in [0.29, 0.717) is 11.4 Å². The molecule has 0 radical (unpaired) electrons. The van der Waals surface area contributed by atoms with E-state index in [4.69, 9.17) is 16.3 Å². The molecule has 0 aliphatic carbocycles. The van der Waals surface area contributed by atoms with Crippen molar-refractivity contribution in [3.05, 3.63) is 77.3 Å². The predicted octanol–water partition coefficient (Wildman–Crippen LogP) is 3.86. The lowest BCUT2D eigenvalue weighted by Gasteiger charge is -2.22. The van der Waals surface area contributed by atoms with E-state index < -0.39 is 32.5 Å². The minimum absolute atomic E-state index is 0.0344. The molecule has 9 nitrogen and oxygen atoms in total. The molecule has 0 unspecified atom stereocenters. The summed E-state index contributed by atoms with van der Waals surface area (Å²) in [6.45, 7) is 1.31. The lowest BCUT2D eigenvalue weighted by atomic mass is 10.2. The van der Waals surface area contributed by atoms with Crippen LogP contribution in [0.15, 0.2) is 71.6 Å². The van der Waals surface area contributed by atoms with Crippen LogP contribution in [0.5, 0.6) is 5.75 Å². The summed E-state index contributed by atoms with van der Waals surface area (Å²) in [5, 5.41) is 2.74. The number of hydrogen-bond acceptors (Lipinski definition) is 6. The van der Waals surface area contributed by atoms with Crippen molar-refractivity contribution < 1.29 is 26.4 Å². The van der Waals surface area contributed by atoms with Crippen LogP contribution in [0.4, 0.5) is 17.1 Å². The third-order valence-corrected chi connectivity index (χ3v) is 7.68. The summed E-state index contributed by atoms with van der Waals surface area (Å²) in [5.41, 5.74) is 1.60. The van der Waals surface area contributed by atoms with Gasteiger partial charge in [0.1, 0.15) is 12.3 Å². The van der Waals surface area contributed by atoms with Gasteiger partial charge in [0.2, 0.25) is 15.9 Å². The molecule has 0 aliphatic rings. The van der Waals surface area contributed by atoms with Crippen LogP contribution < -0.4 is 19.1 Å². The number of carbonyl (C=O) groups is 1. The van der Waals surface area contributed by atoms with Gasteiger partial charge in [-0.25, -0.2) is 16.8 Å². The maximum Gasteiger partial charge on any atom is 0.262 e. The Kier molecular flexibility index (Phi) is 7.93. The standard InChI is InChI=1S/C23H24ClN3O6S2/c1-16-8-13-22(33-2)20(14-16)26-35(31,32)18-11-9-17(10-12-18)25-23(28)15-27(34(3,29)30)21-7-5-4-6-19(21)24/h4-14,26H,15H2,1-3H3,(H,25,28). The van der Waals surface area contributed by atoms with Crippen molar-refractivity contribution in [1.82, 2.24) is 0 Å². The molecule has 1 amide bonds. The van der Waals surface area contributed by atoms with Crippen molar-refractivity contribution in [2.45, 2.75) is 11.8 Å². The van der Waals surface area contributed by atoms with Crippen molar-refractivity contribution in [3.8, 4) is 5.75 Å². The number of amides is 1. The van der Waals surface area contributed by atoms with Gasteiger partial charge in [0.25, 0.3) is 10.0 Å². The smallest absolute Gasteiger partial charge is 0.262 e. The second-order valence-corrected chi connectivity index (χ2v) is 11.6. The molecule has 0 saturated carbocycles. The lowest BCUT2D eigenvalue weighted by Crippen LogP contribution is -2.37. The first-order valence-electron chi connectivity index (χ1n) is 10.2. The van der Waals surface area contributed by atoms with Crippen molar-refractivity contribution in [2.24, 2.45) is 0 Å². The molecule has 12 heteroatoms. The average molecular weight is 538 g/mol. The van der Waals surface area contributed by atoms with Crippen LogP contribution in [0.25, 0.3) is 0 Å². The molecule has 0 spiro atoms. The molecule has 0 saturated heterocycles. The van der Waals surface area contributed by atoms with Gasteiger partial charge in [0, 0.05) is 5.69 Å². The number of halogens is 1. The zero-order valence-corrected chi connectivity index (χ0v) is 21.5. The SMILES string of the molecule is COc1ccc(C)cc1NS(=O)(=O)c1ccc(NC(=O)CN(c2ccccc2Cl)S(C)(=O)=O)cc1. The van der Waals surface area contributed by atoms with Gasteiger partial charge in [-0.2, -0.15) is 0 Å². The summed E-state index contributed by atoms with van der Waals surface area (Å²) in [7, 11) is -6.29. The number of para-hydroxylation sites is 1. The highest BCUT2D eigenvalue weighted by atomic mass is 35.5. The normalized spacial score (nSPS) is 11.5. The number of ether oxygens (including phenoxy) is 1. The summed E-state index contributed by atoms with van der Waals surface area (Å²) >= 11 is 6.11. The number of aryl methyl sites for hydroxylation is 1. The Labute approximate surface area is 209 Å². The maximum absolute atomic E-state index is 12.8. The molecule has 0 aromatic heterocycles. The number of rotatable bonds is 9. The van der Waals surface area contributed by atoms with Crippen molar-refractivity contribution in [1.29, 1.82) is 0 Å². The van der Waals surface area contributed by atoms with Gasteiger partial charge in [-0.3, -0.25) is 13.8 Å². The highest BCUT2D eigenvalue weighted by Crippen LogP contribution is 2.29. The van der Waals surface area contributed by atoms with Crippen molar-refractivity contribution >= 4 is 54.6 Å². The number of methoxy groups -OCH3 is 1. The number of sulfonamides is 2. The van der Waals surface area contributed by atoms with Gasteiger partial charge in [-0.05, 0) is 61.0 Å². The average Bonchev–Trinajstić information content (AvgIpc) is 2.78. The molecule has 0 aliphatic heterocycles. The van der Waals surface area contributed by atoms with E-state index in [-0.39, 0.29) is 21.3 Å². The fourth-order valence-electron chi connectivity index (χ4n) is 3.19. The third kappa shape index (κ3) is 6.65. The van der Waals surface area contributed by atoms with Gasteiger partial charge >= 0.3 is 0 Å². The van der Waals surface area contributed by atoms with Crippen molar-refractivity contribution in [2.75, 3.05) is 34.3 Å². The first-order chi connectivity index (χ1) is 16.4. The van der Waals surface area contributed by atoms with Gasteiger partial charge in [-0.1, -0.05) is 29.8 Å². The molecule has 0 heterocycles. The van der Waals surface area contributed by atoms with Crippen LogP contribution >= 0.6 is 11.6 Å². The van der Waals surface area contributed by atoms with Crippen LogP contribution in [-0.4, -0.2) is 42.7 Å². The summed E-state index contributed by atoms with van der Waals surface area (Å²) in [5.74, 6) is -0.259. The maximum atomic E-state index is 12.8. The molecular weight excluding hydrogens is 514 g/mol. The summed E-state index contributed by atoms with van der Waals surface area (Å²) in [6.07, 6.45) is 0.972. The highest BCUT2D eigenvalue weighted by molar-refractivity contribution is 7.92. The molecule has 2 N–H and O–H groups in total. The van der Waals surface area contributed by atoms with Crippen LogP contribution in [0.3, 0.4) is 0 Å². The Morgan fingerprint density at radius 1 is 1.00 bits per heavy atom. The number of nitrogens with zero attached hydrogens (tertiary/aromatic N) is 1. The second-order valence-electron chi connectivity index (χ2n) is 7.60. The third-order valence-electron chi connectivity index (χ3n) is 4.86. The van der Waals surface area contributed by atoms with E-state index >= 15 is 0 Å². The van der Waals surface area contributed by atoms with E-state index in [9.17, 15) is 21.6 Å². The largest absolute Gasteiger partial charge is 0.495 e. The molecule has 0 bridgehead atoms. The van der Waals surface area contributed by atoms with Gasteiger partial charge in [0.15, 0.2) is 0 Å². The van der Waals surface area contributed by atoms with E-state index in [1.807, 2.05) is 6.92 Å². The number of anilines is 3. The molecule has 186 valence electrons. The van der Waals surface area contributed by atoms with Gasteiger partial charge in [0.05, 0.1) is 34.7 Å². The van der Waals surface area contributed by atoms with Gasteiger partial charge < -0.3 is 10.1 Å². The van der Waals surface area contributed by atoms with Crippen LogP contribution in [0, 0.1) is 6.92 Å². The quantitative estimate of drug-likeness (QED) is 0.427. The Bertz CT molecular complexity index is 1440. The zero-order chi connectivity index (χ0) is 25.8. The topological polar surface area (TPSA) is 122 Å². The Morgan fingerprint density at radius 3 is 2.26 bits per heavy atom. The second kappa shape index (κ2) is 10.5. The number of carbonyl (C=O) groups excluding carboxylic acids is 1. The monoisotopic (exact) mass is 537 g/mol. The molecule has 3 aromatic rings. The van der Waals surface area contributed by atoms with Crippen LogP contribution in [0.1, 0.15) is 5.56 Å². The first-order valence-corrected chi connectivity index (χ1v) is 13.9. The molecular formula is C23H24ClN3O6S2. The Morgan fingerprint density at radius 2 is 1.66 bits per heavy atom. The molecule has 0 atom stereocenters. The Hall–Kier alpha value is -3.28. The number of benzene rings is 3. The number of nitrogens with one attached hydrogen (secondary N) is 2. The minimum Gasteiger partial charge on any atom is -0.495 e. The van der Waals surface area contributed by atoms with Gasteiger partial charge in [-0.15, -0.1) is 0 Å². The van der Waals surface area contributed by atoms with E-state index in [2.05, 4.69) is 10.0 Å². The van der Waals surface area contributed by atoms with E-state index in [1.54, 1.807) is 30.3 Å². The highest BCUT2D eigenvalue weighted by Gasteiger charge is 2.23. The molecule has 3 rings (SSSR count). The van der Waals surface area contributed by atoms with Crippen LogP contribution in [0.2, 0.25) is 5.02 Å². The predicted molar refractivity (Wildman–Crippen MR) is 137 cm³/mol. The molecule has 3 aromatic carbocycles. The van der Waals surface area contributed by atoms with E-state index in [1.165, 1.54) is 43.5 Å². The van der Waals surface area contributed by atoms with Crippen LogP contribution in [-0.2, 0) is 24.8 Å². The summed E-state index contributed by atoms with van der Waals surface area (Å²) in [4.78, 5) is 12.5. The van der Waals surface area contributed by atoms with Crippen molar-refractivity contribution in [3.63, 3.8) is 0 Å². The summed E-state index contributed by atoms with van der Waals surface area (Å²) in [6, 6.07) is 16.8. The van der Waals surface area contributed by atoms with E-state index in [0.717, 1.165) is 16.1 Å². The fourth-order valence-corrected chi connectivity index (χ4v) is 5.41. The summed E-state index contributed by atoms with van der Waals surface area (Å²) < 4.78 is 58.7. The molecule has 0 fully saturated rings. The lowest BCUT2D eigenvalue weighted by molar-refractivity contribution is -0.114. The fraction of sp³-hybridized carbons (Fsp3) is 0.174. The number of hydrogen-bond donors (Lipinski definition) is 2. The minimum atomic E-state index is -3.93. The first kappa shape index (κ1) is 26.3.